The fraction of sp³-hybridized carbons (Fsp3) is 0.409. The van der Waals surface area contributed by atoms with Gasteiger partial charge in [0, 0.05) is 24.7 Å². The standard InChI is InChI=1S/C22H23ClF3NO2/c1-13-8-16(6-7-20(13)23)19(22(24,25)26)9-15-4-3-5-17(14(15)2)10-27-11-18(12-27)21(28)29/h3-8,18-19H,9-12H2,1-2H3,(H,28,29)/t19-/m0/s1. The molecule has 0 spiro atoms. The number of likely N-dealkylation sites (tertiary alicyclic amines) is 1. The number of alkyl halides is 3. The maximum absolute atomic E-state index is 13.9. The molecule has 2 aromatic rings. The van der Waals surface area contributed by atoms with Crippen LogP contribution in [0.25, 0.3) is 0 Å². The smallest absolute Gasteiger partial charge is 0.396 e. The molecule has 1 atom stereocenters. The zero-order valence-corrected chi connectivity index (χ0v) is 17.0. The lowest BCUT2D eigenvalue weighted by atomic mass is 9.87. The van der Waals surface area contributed by atoms with Crippen molar-refractivity contribution in [3.63, 3.8) is 0 Å². The van der Waals surface area contributed by atoms with Gasteiger partial charge in [-0.05, 0) is 54.2 Å². The Morgan fingerprint density at radius 2 is 1.86 bits per heavy atom. The normalized spacial score (nSPS) is 16.5. The summed E-state index contributed by atoms with van der Waals surface area (Å²) in [6, 6.07) is 9.85. The summed E-state index contributed by atoms with van der Waals surface area (Å²) in [5, 5.41) is 9.44. The van der Waals surface area contributed by atoms with Gasteiger partial charge in [-0.3, -0.25) is 9.69 Å². The minimum absolute atomic E-state index is 0.151. The molecule has 0 bridgehead atoms. The molecule has 1 fully saturated rings. The number of hydrogen-bond acceptors (Lipinski definition) is 2. The summed E-state index contributed by atoms with van der Waals surface area (Å²) in [5.41, 5.74) is 3.23. The van der Waals surface area contributed by atoms with Crippen molar-refractivity contribution in [3.05, 3.63) is 69.2 Å². The molecule has 1 saturated heterocycles. The third-order valence-electron chi connectivity index (χ3n) is 5.66. The average Bonchev–Trinajstić information content (AvgIpc) is 2.59. The maximum Gasteiger partial charge on any atom is 0.396 e. The Hall–Kier alpha value is -2.05. The Kier molecular flexibility index (Phi) is 6.24. The third-order valence-corrected chi connectivity index (χ3v) is 6.09. The van der Waals surface area contributed by atoms with Gasteiger partial charge in [-0.2, -0.15) is 13.2 Å². The van der Waals surface area contributed by atoms with Crippen molar-refractivity contribution < 1.29 is 23.1 Å². The minimum Gasteiger partial charge on any atom is -0.481 e. The first-order valence-corrected chi connectivity index (χ1v) is 9.79. The Balaban J connectivity index is 1.81. The van der Waals surface area contributed by atoms with E-state index in [4.69, 9.17) is 16.7 Å². The second-order valence-electron chi connectivity index (χ2n) is 7.74. The number of carbonyl (C=O) groups is 1. The Morgan fingerprint density at radius 1 is 1.21 bits per heavy atom. The Morgan fingerprint density at radius 3 is 2.45 bits per heavy atom. The van der Waals surface area contributed by atoms with E-state index in [2.05, 4.69) is 0 Å². The van der Waals surface area contributed by atoms with Crippen molar-refractivity contribution in [2.45, 2.75) is 38.9 Å². The van der Waals surface area contributed by atoms with Crippen LogP contribution >= 0.6 is 11.6 Å². The van der Waals surface area contributed by atoms with Crippen LogP contribution in [0.2, 0.25) is 5.02 Å². The summed E-state index contributed by atoms with van der Waals surface area (Å²) in [6.07, 6.45) is -4.53. The number of aliphatic carboxylic acids is 1. The summed E-state index contributed by atoms with van der Waals surface area (Å²) in [6.45, 7) is 5.00. The summed E-state index contributed by atoms with van der Waals surface area (Å²) in [7, 11) is 0. The molecule has 0 amide bonds. The van der Waals surface area contributed by atoms with Gasteiger partial charge in [0.05, 0.1) is 11.8 Å². The van der Waals surface area contributed by atoms with E-state index >= 15 is 0 Å². The highest BCUT2D eigenvalue weighted by Crippen LogP contribution is 2.39. The molecule has 1 N–H and O–H groups in total. The molecule has 0 radical (unpaired) electrons. The molecule has 2 aromatic carbocycles. The number of nitrogens with zero attached hydrogens (tertiary/aromatic N) is 1. The van der Waals surface area contributed by atoms with Crippen molar-refractivity contribution in [1.82, 2.24) is 4.90 Å². The molecule has 3 rings (SSSR count). The Bertz CT molecular complexity index is 907. The number of halogens is 4. The van der Waals surface area contributed by atoms with E-state index in [1.54, 1.807) is 19.1 Å². The Labute approximate surface area is 173 Å². The van der Waals surface area contributed by atoms with Gasteiger partial charge in [-0.15, -0.1) is 0 Å². The molecule has 7 heteroatoms. The highest BCUT2D eigenvalue weighted by atomic mass is 35.5. The van der Waals surface area contributed by atoms with E-state index in [1.807, 2.05) is 17.9 Å². The molecule has 29 heavy (non-hydrogen) atoms. The molecular weight excluding hydrogens is 403 g/mol. The molecule has 1 aliphatic heterocycles. The monoisotopic (exact) mass is 425 g/mol. The topological polar surface area (TPSA) is 40.5 Å². The number of aryl methyl sites for hydroxylation is 1. The average molecular weight is 426 g/mol. The van der Waals surface area contributed by atoms with E-state index in [0.29, 0.717) is 35.8 Å². The van der Waals surface area contributed by atoms with Crippen LogP contribution in [0.1, 0.15) is 33.7 Å². The number of rotatable bonds is 6. The van der Waals surface area contributed by atoms with Crippen molar-refractivity contribution in [3.8, 4) is 0 Å². The molecule has 3 nitrogen and oxygen atoms in total. The fourth-order valence-electron chi connectivity index (χ4n) is 3.75. The van der Waals surface area contributed by atoms with Gasteiger partial charge in [-0.1, -0.05) is 41.9 Å². The number of carboxylic acids is 1. The van der Waals surface area contributed by atoms with E-state index < -0.39 is 18.1 Å². The van der Waals surface area contributed by atoms with Gasteiger partial charge >= 0.3 is 12.1 Å². The van der Waals surface area contributed by atoms with Crippen LogP contribution in [-0.2, 0) is 17.8 Å². The maximum atomic E-state index is 13.9. The van der Waals surface area contributed by atoms with Gasteiger partial charge in [0.2, 0.25) is 0 Å². The van der Waals surface area contributed by atoms with E-state index in [1.165, 1.54) is 18.2 Å². The van der Waals surface area contributed by atoms with Gasteiger partial charge in [0.1, 0.15) is 0 Å². The first-order chi connectivity index (χ1) is 13.6. The van der Waals surface area contributed by atoms with Gasteiger partial charge < -0.3 is 5.11 Å². The van der Waals surface area contributed by atoms with Crippen LogP contribution in [-0.4, -0.2) is 35.2 Å². The zero-order chi connectivity index (χ0) is 21.3. The predicted molar refractivity (Wildman–Crippen MR) is 106 cm³/mol. The van der Waals surface area contributed by atoms with Crippen LogP contribution in [0.5, 0.6) is 0 Å². The van der Waals surface area contributed by atoms with Crippen molar-refractivity contribution in [2.24, 2.45) is 5.92 Å². The van der Waals surface area contributed by atoms with E-state index in [-0.39, 0.29) is 17.9 Å². The highest BCUT2D eigenvalue weighted by Gasteiger charge is 2.41. The van der Waals surface area contributed by atoms with Crippen LogP contribution in [0, 0.1) is 19.8 Å². The summed E-state index contributed by atoms with van der Waals surface area (Å²) < 4.78 is 41.6. The summed E-state index contributed by atoms with van der Waals surface area (Å²) >= 11 is 5.98. The molecule has 0 aromatic heterocycles. The van der Waals surface area contributed by atoms with E-state index in [9.17, 15) is 18.0 Å². The first-order valence-electron chi connectivity index (χ1n) is 9.41. The second kappa shape index (κ2) is 8.36. The van der Waals surface area contributed by atoms with Crippen molar-refractivity contribution in [2.75, 3.05) is 13.1 Å². The van der Waals surface area contributed by atoms with Gasteiger partial charge in [0.15, 0.2) is 0 Å². The predicted octanol–water partition coefficient (Wildman–Crippen LogP) is 5.36. The van der Waals surface area contributed by atoms with Crippen LogP contribution < -0.4 is 0 Å². The molecule has 0 aliphatic carbocycles. The zero-order valence-electron chi connectivity index (χ0n) is 16.3. The lowest BCUT2D eigenvalue weighted by Gasteiger charge is -2.37. The van der Waals surface area contributed by atoms with Crippen LogP contribution in [0.4, 0.5) is 13.2 Å². The first kappa shape index (κ1) is 21.7. The SMILES string of the molecule is Cc1cc([C@H](Cc2cccc(CN3CC(C(=O)O)C3)c2C)C(F)(F)F)ccc1Cl. The van der Waals surface area contributed by atoms with Crippen molar-refractivity contribution in [1.29, 1.82) is 0 Å². The molecule has 1 heterocycles. The van der Waals surface area contributed by atoms with Crippen molar-refractivity contribution >= 4 is 17.6 Å². The molecule has 0 saturated carbocycles. The third kappa shape index (κ3) is 4.93. The molecule has 1 aliphatic rings. The fourth-order valence-corrected chi connectivity index (χ4v) is 3.87. The van der Waals surface area contributed by atoms with Crippen LogP contribution in [0.3, 0.4) is 0 Å². The molecule has 156 valence electrons. The quantitative estimate of drug-likeness (QED) is 0.677. The minimum atomic E-state index is -4.38. The van der Waals surface area contributed by atoms with Gasteiger partial charge in [0.25, 0.3) is 0 Å². The summed E-state index contributed by atoms with van der Waals surface area (Å²) in [5.74, 6) is -2.79. The largest absolute Gasteiger partial charge is 0.481 e. The number of benzene rings is 2. The highest BCUT2D eigenvalue weighted by molar-refractivity contribution is 6.31. The lowest BCUT2D eigenvalue weighted by molar-refractivity contribution is -0.150. The second-order valence-corrected chi connectivity index (χ2v) is 8.14. The van der Waals surface area contributed by atoms with E-state index in [0.717, 1.165) is 11.1 Å². The lowest BCUT2D eigenvalue weighted by Crippen LogP contribution is -2.49. The molecular formula is C22H23ClF3NO2. The number of carboxylic acid groups (broad SMARTS) is 1. The van der Waals surface area contributed by atoms with Crippen LogP contribution in [0.15, 0.2) is 36.4 Å². The van der Waals surface area contributed by atoms with Gasteiger partial charge in [-0.25, -0.2) is 0 Å². The number of hydrogen-bond donors (Lipinski definition) is 1. The summed E-state index contributed by atoms with van der Waals surface area (Å²) in [4.78, 5) is 12.9. The molecule has 0 unspecified atom stereocenters.